The lowest BCUT2D eigenvalue weighted by Crippen LogP contribution is -2.46. The van der Waals surface area contributed by atoms with Crippen molar-refractivity contribution in [3.8, 4) is 0 Å². The molecular formula is C5H11N3. The smallest absolute Gasteiger partial charge is 0.0322 e. The fraction of sp³-hybridized carbons (Fsp3) is 0.600. The molecular weight excluding hydrogens is 102 g/mol. The van der Waals surface area contributed by atoms with E-state index in [2.05, 4.69) is 24.0 Å². The van der Waals surface area contributed by atoms with E-state index in [9.17, 15) is 0 Å². The van der Waals surface area contributed by atoms with E-state index in [0.29, 0.717) is 0 Å². The molecule has 0 aromatic heterocycles. The molecule has 0 saturated carbocycles. The van der Waals surface area contributed by atoms with Crippen molar-refractivity contribution in [2.24, 2.45) is 0 Å². The minimum absolute atomic E-state index is 0.913. The number of hydrazine groups is 2. The molecule has 1 aliphatic heterocycles. The molecule has 0 aliphatic carbocycles. The SMILES string of the molecule is CCN1C=CCNN1. The Bertz CT molecular complexity index is 89.7. The predicted octanol–water partition coefficient (Wildman–Crippen LogP) is -0.155. The van der Waals surface area contributed by atoms with E-state index in [1.165, 1.54) is 0 Å². The fourth-order valence-electron chi connectivity index (χ4n) is 0.608. The monoisotopic (exact) mass is 113 g/mol. The Labute approximate surface area is 49.3 Å². The van der Waals surface area contributed by atoms with Gasteiger partial charge in [-0.25, -0.2) is 5.43 Å². The van der Waals surface area contributed by atoms with Gasteiger partial charge in [-0.2, -0.15) is 5.53 Å². The summed E-state index contributed by atoms with van der Waals surface area (Å²) in [5.41, 5.74) is 5.94. The Morgan fingerprint density at radius 1 is 1.75 bits per heavy atom. The van der Waals surface area contributed by atoms with Crippen molar-refractivity contribution in [3.05, 3.63) is 12.3 Å². The molecule has 0 fully saturated rings. The molecule has 0 aromatic carbocycles. The summed E-state index contributed by atoms with van der Waals surface area (Å²) in [6, 6.07) is 0. The summed E-state index contributed by atoms with van der Waals surface area (Å²) in [6.07, 6.45) is 4.09. The third-order valence-electron chi connectivity index (χ3n) is 1.07. The minimum atomic E-state index is 0.913. The molecule has 0 aromatic rings. The molecule has 2 N–H and O–H groups in total. The molecule has 0 saturated heterocycles. The molecule has 0 unspecified atom stereocenters. The van der Waals surface area contributed by atoms with Gasteiger partial charge in [0.2, 0.25) is 0 Å². The Hall–Kier alpha value is -0.540. The van der Waals surface area contributed by atoms with Gasteiger partial charge in [0.25, 0.3) is 0 Å². The van der Waals surface area contributed by atoms with Crippen LogP contribution in [0.15, 0.2) is 12.3 Å². The maximum Gasteiger partial charge on any atom is 0.0322 e. The summed E-state index contributed by atoms with van der Waals surface area (Å²) in [6.45, 7) is 3.99. The molecule has 0 spiro atoms. The van der Waals surface area contributed by atoms with Crippen LogP contribution in [0.3, 0.4) is 0 Å². The molecule has 46 valence electrons. The molecule has 3 heteroatoms. The summed E-state index contributed by atoms with van der Waals surface area (Å²) in [5.74, 6) is 0. The average molecular weight is 113 g/mol. The Morgan fingerprint density at radius 2 is 2.62 bits per heavy atom. The molecule has 0 amide bonds. The summed E-state index contributed by atoms with van der Waals surface area (Å²) >= 11 is 0. The van der Waals surface area contributed by atoms with Crippen LogP contribution in [-0.2, 0) is 0 Å². The van der Waals surface area contributed by atoms with Gasteiger partial charge in [0.1, 0.15) is 0 Å². The molecule has 1 heterocycles. The van der Waals surface area contributed by atoms with Gasteiger partial charge < -0.3 is 5.01 Å². The number of hydrogen-bond acceptors (Lipinski definition) is 3. The van der Waals surface area contributed by atoms with Gasteiger partial charge in [0.15, 0.2) is 0 Å². The third kappa shape index (κ3) is 1.21. The van der Waals surface area contributed by atoms with Crippen LogP contribution < -0.4 is 11.0 Å². The minimum Gasteiger partial charge on any atom is -0.303 e. The first-order chi connectivity index (χ1) is 3.93. The Morgan fingerprint density at radius 3 is 3.00 bits per heavy atom. The van der Waals surface area contributed by atoms with Crippen molar-refractivity contribution in [2.45, 2.75) is 6.92 Å². The maximum absolute atomic E-state index is 2.97. The van der Waals surface area contributed by atoms with Crippen molar-refractivity contribution in [1.82, 2.24) is 16.0 Å². The molecule has 1 aliphatic rings. The maximum atomic E-state index is 2.97. The normalized spacial score (nSPS) is 19.4. The van der Waals surface area contributed by atoms with Crippen LogP contribution in [0.4, 0.5) is 0 Å². The molecule has 3 nitrogen and oxygen atoms in total. The molecule has 0 atom stereocenters. The zero-order valence-electron chi connectivity index (χ0n) is 5.02. The van der Waals surface area contributed by atoms with Crippen LogP contribution in [0.1, 0.15) is 6.92 Å². The zero-order chi connectivity index (χ0) is 5.82. The standard InChI is InChI=1S/C5H11N3/c1-2-8-5-3-4-6-7-8/h3,5-7H,2,4H2,1H3. The first kappa shape index (κ1) is 5.59. The van der Waals surface area contributed by atoms with E-state index in [1.807, 2.05) is 11.2 Å². The first-order valence-electron chi connectivity index (χ1n) is 2.85. The molecule has 1 rings (SSSR count). The number of nitrogens with zero attached hydrogens (tertiary/aromatic N) is 1. The fourth-order valence-corrected chi connectivity index (χ4v) is 0.608. The van der Waals surface area contributed by atoms with Gasteiger partial charge in [-0.05, 0) is 6.92 Å². The van der Waals surface area contributed by atoms with Crippen LogP contribution in [0.25, 0.3) is 0 Å². The van der Waals surface area contributed by atoms with Crippen LogP contribution in [0.2, 0.25) is 0 Å². The van der Waals surface area contributed by atoms with E-state index in [4.69, 9.17) is 0 Å². The van der Waals surface area contributed by atoms with Crippen molar-refractivity contribution in [3.63, 3.8) is 0 Å². The first-order valence-corrected chi connectivity index (χ1v) is 2.85. The Kier molecular flexibility index (Phi) is 1.88. The third-order valence-corrected chi connectivity index (χ3v) is 1.07. The van der Waals surface area contributed by atoms with Gasteiger partial charge >= 0.3 is 0 Å². The summed E-state index contributed by atoms with van der Waals surface area (Å²) in [4.78, 5) is 0. The molecule has 8 heavy (non-hydrogen) atoms. The van der Waals surface area contributed by atoms with Crippen LogP contribution >= 0.6 is 0 Å². The summed E-state index contributed by atoms with van der Waals surface area (Å²) in [7, 11) is 0. The number of nitrogens with one attached hydrogen (secondary N) is 2. The summed E-state index contributed by atoms with van der Waals surface area (Å²) in [5, 5.41) is 1.98. The van der Waals surface area contributed by atoms with Gasteiger partial charge in [0.05, 0.1) is 0 Å². The van der Waals surface area contributed by atoms with E-state index in [0.717, 1.165) is 13.1 Å². The van der Waals surface area contributed by atoms with E-state index < -0.39 is 0 Å². The zero-order valence-corrected chi connectivity index (χ0v) is 5.02. The van der Waals surface area contributed by atoms with Gasteiger partial charge in [0, 0.05) is 19.3 Å². The second kappa shape index (κ2) is 2.69. The second-order valence-corrected chi connectivity index (χ2v) is 1.66. The lowest BCUT2D eigenvalue weighted by Gasteiger charge is -2.22. The lowest BCUT2D eigenvalue weighted by atomic mass is 10.5. The van der Waals surface area contributed by atoms with Gasteiger partial charge in [-0.1, -0.05) is 6.08 Å². The van der Waals surface area contributed by atoms with Crippen molar-refractivity contribution >= 4 is 0 Å². The van der Waals surface area contributed by atoms with Crippen LogP contribution in [0, 0.1) is 0 Å². The van der Waals surface area contributed by atoms with E-state index in [-0.39, 0.29) is 0 Å². The van der Waals surface area contributed by atoms with E-state index in [1.54, 1.807) is 0 Å². The molecule has 0 bridgehead atoms. The highest BCUT2D eigenvalue weighted by Gasteiger charge is 1.94. The number of hydrogen-bond donors (Lipinski definition) is 2. The largest absolute Gasteiger partial charge is 0.303 e. The second-order valence-electron chi connectivity index (χ2n) is 1.66. The predicted molar refractivity (Wildman–Crippen MR) is 32.7 cm³/mol. The number of rotatable bonds is 1. The van der Waals surface area contributed by atoms with E-state index >= 15 is 0 Å². The topological polar surface area (TPSA) is 27.3 Å². The van der Waals surface area contributed by atoms with Crippen LogP contribution in [-0.4, -0.2) is 18.1 Å². The van der Waals surface area contributed by atoms with Gasteiger partial charge in [-0.3, -0.25) is 0 Å². The highest BCUT2D eigenvalue weighted by Crippen LogP contribution is 1.84. The van der Waals surface area contributed by atoms with Gasteiger partial charge in [-0.15, -0.1) is 0 Å². The van der Waals surface area contributed by atoms with Crippen molar-refractivity contribution in [2.75, 3.05) is 13.1 Å². The van der Waals surface area contributed by atoms with Crippen molar-refractivity contribution < 1.29 is 0 Å². The Balaban J connectivity index is 2.32. The lowest BCUT2D eigenvalue weighted by molar-refractivity contribution is 0.226. The quantitative estimate of drug-likeness (QED) is 0.495. The highest BCUT2D eigenvalue weighted by molar-refractivity contribution is 4.84. The summed E-state index contributed by atoms with van der Waals surface area (Å²) < 4.78 is 0. The van der Waals surface area contributed by atoms with Crippen LogP contribution in [0.5, 0.6) is 0 Å². The highest BCUT2D eigenvalue weighted by atomic mass is 15.7. The average Bonchev–Trinajstić information content (AvgIpc) is 1.90. The van der Waals surface area contributed by atoms with Crippen molar-refractivity contribution in [1.29, 1.82) is 0 Å². The molecule has 0 radical (unpaired) electrons.